The van der Waals surface area contributed by atoms with E-state index in [1.165, 1.54) is 21.9 Å². The van der Waals surface area contributed by atoms with Gasteiger partial charge < -0.3 is 16.4 Å². The van der Waals surface area contributed by atoms with E-state index >= 15 is 0 Å². The minimum Gasteiger partial charge on any atom is -0.399 e. The topological polar surface area (TPSA) is 116 Å². The highest BCUT2D eigenvalue weighted by Gasteiger charge is 2.32. The van der Waals surface area contributed by atoms with E-state index in [1.54, 1.807) is 49.6 Å². The molecular formula is C28H24F3N7O2. The summed E-state index contributed by atoms with van der Waals surface area (Å²) in [6.45, 7) is 1.98. The molecule has 0 aliphatic carbocycles. The van der Waals surface area contributed by atoms with E-state index in [1.807, 2.05) is 13.0 Å². The van der Waals surface area contributed by atoms with Crippen LogP contribution in [0.2, 0.25) is 0 Å². The molecule has 0 atom stereocenters. The van der Waals surface area contributed by atoms with Crippen molar-refractivity contribution in [1.82, 2.24) is 9.97 Å². The second kappa shape index (κ2) is 10.2. The molecule has 1 aliphatic heterocycles. The van der Waals surface area contributed by atoms with Gasteiger partial charge in [0, 0.05) is 41.4 Å². The number of carbonyl (C=O) groups excluding carboxylic acids is 2. The first-order chi connectivity index (χ1) is 19.0. The number of amides is 3. The first kappa shape index (κ1) is 26.5. The van der Waals surface area contributed by atoms with E-state index in [4.69, 9.17) is 5.73 Å². The number of alkyl halides is 3. The molecule has 5 rings (SSSR count). The van der Waals surface area contributed by atoms with Crippen molar-refractivity contribution in [2.45, 2.75) is 19.6 Å². The Morgan fingerprint density at radius 3 is 2.55 bits per heavy atom. The van der Waals surface area contributed by atoms with Crippen LogP contribution in [-0.4, -0.2) is 29.0 Å². The lowest BCUT2D eigenvalue weighted by Crippen LogP contribution is -2.46. The van der Waals surface area contributed by atoms with Crippen LogP contribution in [0.1, 0.15) is 27.0 Å². The molecule has 2 heterocycles. The predicted octanol–water partition coefficient (Wildman–Crippen LogP) is 5.96. The summed E-state index contributed by atoms with van der Waals surface area (Å²) in [5.41, 5.74) is 8.34. The van der Waals surface area contributed by atoms with Crippen LogP contribution in [0.5, 0.6) is 0 Å². The Hall–Kier alpha value is -5.13. The lowest BCUT2D eigenvalue weighted by molar-refractivity contribution is -0.137. The van der Waals surface area contributed by atoms with Gasteiger partial charge in [0.2, 0.25) is 5.95 Å². The highest BCUT2D eigenvalue weighted by atomic mass is 19.4. The number of hydrogen-bond acceptors (Lipinski definition) is 6. The van der Waals surface area contributed by atoms with Crippen LogP contribution < -0.4 is 26.2 Å². The number of nitrogens with one attached hydrogen (secondary N) is 2. The Bertz CT molecular complexity index is 1620. The Morgan fingerprint density at radius 1 is 1.02 bits per heavy atom. The smallest absolute Gasteiger partial charge is 0.399 e. The number of urea groups is 1. The normalized spacial score (nSPS) is 13.2. The molecule has 0 saturated carbocycles. The number of benzene rings is 3. The number of aryl methyl sites for hydroxylation is 1. The van der Waals surface area contributed by atoms with E-state index in [9.17, 15) is 22.8 Å². The molecule has 0 unspecified atom stereocenters. The Morgan fingerprint density at radius 2 is 1.80 bits per heavy atom. The van der Waals surface area contributed by atoms with Gasteiger partial charge in [-0.15, -0.1) is 0 Å². The summed E-state index contributed by atoms with van der Waals surface area (Å²) in [7, 11) is 1.60. The van der Waals surface area contributed by atoms with Crippen molar-refractivity contribution in [2.75, 3.05) is 33.2 Å². The number of nitrogens with zero attached hydrogens (tertiary/aromatic N) is 4. The van der Waals surface area contributed by atoms with E-state index in [0.29, 0.717) is 40.1 Å². The maximum atomic E-state index is 13.4. The molecule has 1 aromatic heterocycles. The number of nitrogens with two attached hydrogens (primary N) is 1. The maximum Gasteiger partial charge on any atom is 0.416 e. The average Bonchev–Trinajstić information content (AvgIpc) is 2.92. The van der Waals surface area contributed by atoms with Crippen molar-refractivity contribution in [3.63, 3.8) is 0 Å². The third kappa shape index (κ3) is 5.37. The summed E-state index contributed by atoms with van der Waals surface area (Å²) in [5.74, 6) is 0.0316. The van der Waals surface area contributed by atoms with Crippen LogP contribution >= 0.6 is 0 Å². The van der Waals surface area contributed by atoms with Gasteiger partial charge in [-0.3, -0.25) is 14.6 Å². The molecule has 3 aromatic carbocycles. The van der Waals surface area contributed by atoms with Gasteiger partial charge >= 0.3 is 12.2 Å². The number of rotatable bonds is 5. The van der Waals surface area contributed by atoms with Gasteiger partial charge in [-0.05, 0) is 61.0 Å². The molecule has 3 amide bonds. The zero-order valence-electron chi connectivity index (χ0n) is 21.5. The molecule has 0 saturated heterocycles. The van der Waals surface area contributed by atoms with Crippen molar-refractivity contribution in [2.24, 2.45) is 0 Å². The van der Waals surface area contributed by atoms with E-state index in [-0.39, 0.29) is 18.1 Å². The van der Waals surface area contributed by atoms with Gasteiger partial charge in [0.05, 0.1) is 17.8 Å². The van der Waals surface area contributed by atoms with Gasteiger partial charge in [-0.2, -0.15) is 18.2 Å². The molecule has 0 bridgehead atoms. The zero-order valence-corrected chi connectivity index (χ0v) is 21.5. The summed E-state index contributed by atoms with van der Waals surface area (Å²) in [4.78, 5) is 37.9. The quantitative estimate of drug-likeness (QED) is 0.266. The molecule has 4 aromatic rings. The van der Waals surface area contributed by atoms with E-state index < -0.39 is 17.6 Å². The number of aromatic nitrogens is 2. The first-order valence-electron chi connectivity index (χ1n) is 12.1. The van der Waals surface area contributed by atoms with Crippen molar-refractivity contribution in [3.05, 3.63) is 95.2 Å². The summed E-state index contributed by atoms with van der Waals surface area (Å²) >= 11 is 0. The number of halogens is 3. The lowest BCUT2D eigenvalue weighted by atomic mass is 10.1. The van der Waals surface area contributed by atoms with Gasteiger partial charge in [0.1, 0.15) is 5.82 Å². The van der Waals surface area contributed by atoms with Gasteiger partial charge in [0.25, 0.3) is 5.91 Å². The highest BCUT2D eigenvalue weighted by molar-refractivity contribution is 6.07. The van der Waals surface area contributed by atoms with Crippen LogP contribution in [0.15, 0.2) is 72.9 Å². The van der Waals surface area contributed by atoms with Crippen LogP contribution in [0, 0.1) is 6.92 Å². The molecule has 12 heteroatoms. The first-order valence-corrected chi connectivity index (χ1v) is 12.1. The molecule has 0 fully saturated rings. The highest BCUT2D eigenvalue weighted by Crippen LogP contribution is 2.34. The fourth-order valence-corrected chi connectivity index (χ4v) is 4.32. The van der Waals surface area contributed by atoms with Crippen molar-refractivity contribution in [1.29, 1.82) is 0 Å². The minimum atomic E-state index is -4.57. The molecule has 1 aliphatic rings. The summed E-state index contributed by atoms with van der Waals surface area (Å²) in [5, 5.41) is 5.70. The number of anilines is 6. The van der Waals surface area contributed by atoms with Crippen molar-refractivity contribution >= 4 is 46.5 Å². The summed E-state index contributed by atoms with van der Waals surface area (Å²) in [6, 6.07) is 15.9. The van der Waals surface area contributed by atoms with E-state index in [0.717, 1.165) is 17.7 Å². The van der Waals surface area contributed by atoms with Crippen LogP contribution in [0.3, 0.4) is 0 Å². The van der Waals surface area contributed by atoms with Crippen LogP contribution in [0.25, 0.3) is 0 Å². The summed E-state index contributed by atoms with van der Waals surface area (Å²) < 4.78 is 39.2. The Labute approximate surface area is 227 Å². The number of carbonyl (C=O) groups is 2. The predicted molar refractivity (Wildman–Crippen MR) is 147 cm³/mol. The van der Waals surface area contributed by atoms with Crippen molar-refractivity contribution in [3.8, 4) is 0 Å². The van der Waals surface area contributed by atoms with Crippen molar-refractivity contribution < 1.29 is 22.8 Å². The Balaban J connectivity index is 1.38. The van der Waals surface area contributed by atoms with E-state index in [2.05, 4.69) is 20.6 Å². The maximum absolute atomic E-state index is 13.4. The van der Waals surface area contributed by atoms with Gasteiger partial charge in [-0.1, -0.05) is 18.2 Å². The fourth-order valence-electron chi connectivity index (χ4n) is 4.32. The molecule has 204 valence electrons. The number of hydrogen-bond donors (Lipinski definition) is 3. The standard InChI is InChI=1S/C28H24F3N7O2/c1-16-9-10-22(34-25(39)17-5-3-6-19(11-17)28(29,30)31)13-23(16)38-15-18-14-33-26(36-24(18)37(2)27(38)40)35-21-8-4-7-20(32)12-21/h3-14H,15,32H2,1-2H3,(H,34,39)(H,33,35,36). The SMILES string of the molecule is Cc1ccc(NC(=O)c2cccc(C(F)(F)F)c2)cc1N1Cc2cnc(Nc3cccc(N)c3)nc2N(C)C1=O. The lowest BCUT2D eigenvalue weighted by Gasteiger charge is -2.35. The largest absolute Gasteiger partial charge is 0.416 e. The Kier molecular flexibility index (Phi) is 6.76. The molecule has 0 radical (unpaired) electrons. The molecule has 40 heavy (non-hydrogen) atoms. The monoisotopic (exact) mass is 547 g/mol. The van der Waals surface area contributed by atoms with Gasteiger partial charge in [-0.25, -0.2) is 9.78 Å². The molecular weight excluding hydrogens is 523 g/mol. The number of fused-ring (bicyclic) bond motifs is 1. The molecule has 0 spiro atoms. The second-order valence-corrected chi connectivity index (χ2v) is 9.25. The third-order valence-corrected chi connectivity index (χ3v) is 6.36. The zero-order chi connectivity index (χ0) is 28.6. The fraction of sp³-hybridized carbons (Fsp3) is 0.143. The molecule has 9 nitrogen and oxygen atoms in total. The third-order valence-electron chi connectivity index (χ3n) is 6.36. The number of nitrogen functional groups attached to an aromatic ring is 1. The second-order valence-electron chi connectivity index (χ2n) is 9.25. The van der Waals surface area contributed by atoms with Gasteiger partial charge in [0.15, 0.2) is 0 Å². The molecule has 4 N–H and O–H groups in total. The van der Waals surface area contributed by atoms with Crippen LogP contribution in [-0.2, 0) is 12.7 Å². The average molecular weight is 548 g/mol. The minimum absolute atomic E-state index is 0.139. The summed E-state index contributed by atoms with van der Waals surface area (Å²) in [6.07, 6.45) is -2.94. The van der Waals surface area contributed by atoms with Crippen LogP contribution in [0.4, 0.5) is 52.5 Å².